The Bertz CT molecular complexity index is 558. The van der Waals surface area contributed by atoms with E-state index in [2.05, 4.69) is 20.4 Å². The van der Waals surface area contributed by atoms with Crippen molar-refractivity contribution >= 4 is 17.2 Å². The lowest BCUT2D eigenvalue weighted by Gasteiger charge is -2.44. The summed E-state index contributed by atoms with van der Waals surface area (Å²) in [6.45, 7) is 0. The molecule has 0 atom stereocenters. The highest BCUT2D eigenvalue weighted by atomic mass is 32.1. The van der Waals surface area contributed by atoms with E-state index in [-0.39, 0.29) is 12.2 Å². The maximum atomic E-state index is 9.86. The van der Waals surface area contributed by atoms with E-state index >= 15 is 0 Å². The number of rotatable bonds is 6. The highest BCUT2D eigenvalue weighted by Crippen LogP contribution is 2.31. The molecule has 3 rings (SSSR count). The molecule has 146 valence electrons. The van der Waals surface area contributed by atoms with Crippen LogP contribution in [0.15, 0.2) is 0 Å². The van der Waals surface area contributed by atoms with Crippen molar-refractivity contribution in [2.45, 2.75) is 94.9 Å². The molecular formula is C18H31N5O2S. The van der Waals surface area contributed by atoms with Gasteiger partial charge in [0.1, 0.15) is 0 Å². The van der Waals surface area contributed by atoms with Gasteiger partial charge in [-0.05, 0) is 74.6 Å². The molecule has 0 aliphatic heterocycles. The second-order valence-corrected chi connectivity index (χ2v) is 8.27. The van der Waals surface area contributed by atoms with Crippen molar-refractivity contribution in [3.05, 3.63) is 5.82 Å². The zero-order chi connectivity index (χ0) is 18.5. The molecule has 0 saturated heterocycles. The lowest BCUT2D eigenvalue weighted by Crippen LogP contribution is -2.49. The fourth-order valence-electron chi connectivity index (χ4n) is 4.36. The Morgan fingerprint density at radius 1 is 1.04 bits per heavy atom. The monoisotopic (exact) mass is 381 g/mol. The van der Waals surface area contributed by atoms with E-state index in [9.17, 15) is 10.2 Å². The molecule has 0 spiro atoms. The SMILES string of the molecule is Cn1nnnc1CCCC(=S)N(C1CCC(O)CC1)C1CCC(O)CC1. The Hall–Kier alpha value is -1.12. The quantitative estimate of drug-likeness (QED) is 0.726. The highest BCUT2D eigenvalue weighted by Gasteiger charge is 2.33. The zero-order valence-electron chi connectivity index (χ0n) is 15.6. The van der Waals surface area contributed by atoms with Crippen LogP contribution in [0.5, 0.6) is 0 Å². The number of thiocarbonyl (C=S) groups is 1. The molecule has 26 heavy (non-hydrogen) atoms. The molecule has 0 bridgehead atoms. The minimum absolute atomic E-state index is 0.154. The van der Waals surface area contributed by atoms with Crippen LogP contribution >= 0.6 is 12.2 Å². The Balaban J connectivity index is 1.60. The first-order chi connectivity index (χ1) is 12.5. The van der Waals surface area contributed by atoms with E-state index in [1.54, 1.807) is 4.68 Å². The van der Waals surface area contributed by atoms with E-state index < -0.39 is 0 Å². The molecule has 2 N–H and O–H groups in total. The van der Waals surface area contributed by atoms with Crippen molar-refractivity contribution in [2.24, 2.45) is 7.05 Å². The largest absolute Gasteiger partial charge is 0.393 e. The maximum absolute atomic E-state index is 9.86. The molecule has 0 radical (unpaired) electrons. The third-order valence-corrected chi connectivity index (χ3v) is 6.32. The third kappa shape index (κ3) is 4.98. The van der Waals surface area contributed by atoms with Gasteiger partial charge in [0.25, 0.3) is 0 Å². The molecule has 2 saturated carbocycles. The molecule has 2 fully saturated rings. The van der Waals surface area contributed by atoms with Crippen LogP contribution in [0.1, 0.15) is 70.0 Å². The van der Waals surface area contributed by atoms with Gasteiger partial charge in [-0.2, -0.15) is 0 Å². The molecular weight excluding hydrogens is 350 g/mol. The summed E-state index contributed by atoms with van der Waals surface area (Å²) in [4.78, 5) is 3.50. The number of hydrogen-bond donors (Lipinski definition) is 2. The molecule has 0 amide bonds. The summed E-state index contributed by atoms with van der Waals surface area (Å²) < 4.78 is 1.71. The van der Waals surface area contributed by atoms with Crippen molar-refractivity contribution < 1.29 is 10.2 Å². The minimum atomic E-state index is -0.154. The number of aliphatic hydroxyl groups excluding tert-OH is 2. The van der Waals surface area contributed by atoms with Crippen molar-refractivity contribution in [1.29, 1.82) is 0 Å². The third-order valence-electron chi connectivity index (χ3n) is 5.91. The average molecular weight is 382 g/mol. The van der Waals surface area contributed by atoms with Crippen LogP contribution in [0.25, 0.3) is 0 Å². The Kier molecular flexibility index (Phi) is 6.94. The van der Waals surface area contributed by atoms with Gasteiger partial charge in [-0.1, -0.05) is 12.2 Å². The van der Waals surface area contributed by atoms with Gasteiger partial charge in [-0.25, -0.2) is 4.68 Å². The number of tetrazole rings is 1. The molecule has 1 aromatic rings. The maximum Gasteiger partial charge on any atom is 0.150 e. The average Bonchev–Trinajstić information content (AvgIpc) is 3.04. The second-order valence-electron chi connectivity index (χ2n) is 7.80. The molecule has 1 heterocycles. The molecule has 2 aliphatic rings. The van der Waals surface area contributed by atoms with Crippen LogP contribution in [0.4, 0.5) is 0 Å². The van der Waals surface area contributed by atoms with Gasteiger partial charge in [0, 0.05) is 25.6 Å². The topological polar surface area (TPSA) is 87.3 Å². The van der Waals surface area contributed by atoms with Crippen LogP contribution in [0.2, 0.25) is 0 Å². The molecule has 1 aromatic heterocycles. The fourth-order valence-corrected chi connectivity index (χ4v) is 4.81. The van der Waals surface area contributed by atoms with Crippen LogP contribution in [-0.2, 0) is 13.5 Å². The summed E-state index contributed by atoms with van der Waals surface area (Å²) in [7, 11) is 1.86. The first kappa shape index (κ1) is 19.6. The summed E-state index contributed by atoms with van der Waals surface area (Å²) in [5.41, 5.74) is 0. The van der Waals surface area contributed by atoms with Crippen LogP contribution in [0.3, 0.4) is 0 Å². The number of aliphatic hydroxyl groups is 2. The van der Waals surface area contributed by atoms with Crippen molar-refractivity contribution in [3.63, 3.8) is 0 Å². The first-order valence-corrected chi connectivity index (χ1v) is 10.3. The minimum Gasteiger partial charge on any atom is -0.393 e. The second kappa shape index (κ2) is 9.19. The van der Waals surface area contributed by atoms with Gasteiger partial charge in [0.15, 0.2) is 5.82 Å². The smallest absolute Gasteiger partial charge is 0.150 e. The Morgan fingerprint density at radius 3 is 2.04 bits per heavy atom. The summed E-state index contributed by atoms with van der Waals surface area (Å²) in [5.74, 6) is 0.890. The molecule has 0 unspecified atom stereocenters. The van der Waals surface area contributed by atoms with E-state index in [4.69, 9.17) is 12.2 Å². The van der Waals surface area contributed by atoms with Gasteiger partial charge in [-0.3, -0.25) is 0 Å². The van der Waals surface area contributed by atoms with Gasteiger partial charge < -0.3 is 15.1 Å². The summed E-state index contributed by atoms with van der Waals surface area (Å²) in [5, 5.41) is 31.3. The lowest BCUT2D eigenvalue weighted by atomic mass is 9.86. The van der Waals surface area contributed by atoms with Crippen molar-refractivity contribution in [2.75, 3.05) is 0 Å². The first-order valence-electron chi connectivity index (χ1n) is 9.93. The van der Waals surface area contributed by atoms with Crippen LogP contribution in [0, 0.1) is 0 Å². The van der Waals surface area contributed by atoms with E-state index in [0.29, 0.717) is 12.1 Å². The summed E-state index contributed by atoms with van der Waals surface area (Å²) in [6.07, 6.45) is 9.80. The number of nitrogens with zero attached hydrogens (tertiary/aromatic N) is 5. The van der Waals surface area contributed by atoms with Gasteiger partial charge in [0.05, 0.1) is 17.2 Å². The Morgan fingerprint density at radius 2 is 1.58 bits per heavy atom. The number of aromatic nitrogens is 4. The van der Waals surface area contributed by atoms with Gasteiger partial charge >= 0.3 is 0 Å². The molecule has 0 aromatic carbocycles. The normalized spacial score (nSPS) is 29.5. The number of hydrogen-bond acceptors (Lipinski definition) is 6. The van der Waals surface area contributed by atoms with E-state index in [1.165, 1.54) is 0 Å². The van der Waals surface area contributed by atoms with Crippen LogP contribution in [-0.4, -0.2) is 64.6 Å². The predicted molar refractivity (Wildman–Crippen MR) is 103 cm³/mol. The van der Waals surface area contributed by atoms with E-state index in [1.807, 2.05) is 7.05 Å². The van der Waals surface area contributed by atoms with Crippen molar-refractivity contribution in [1.82, 2.24) is 25.1 Å². The highest BCUT2D eigenvalue weighted by molar-refractivity contribution is 7.80. The molecule has 2 aliphatic carbocycles. The predicted octanol–water partition coefficient (Wildman–Crippen LogP) is 1.77. The van der Waals surface area contributed by atoms with Gasteiger partial charge in [0.2, 0.25) is 0 Å². The molecule has 7 nitrogen and oxygen atoms in total. The standard InChI is InChI=1S/C18H31N5O2S/c1-22-17(19-20-21-22)3-2-4-18(26)23(13-5-9-15(24)10-6-13)14-7-11-16(25)12-8-14/h13-16,24-25H,2-12H2,1H3. The summed E-state index contributed by atoms with van der Waals surface area (Å²) in [6, 6.07) is 0.866. The van der Waals surface area contributed by atoms with E-state index in [0.717, 1.165) is 81.4 Å². The van der Waals surface area contributed by atoms with Crippen LogP contribution < -0.4 is 0 Å². The Labute approximate surface area is 160 Å². The summed E-state index contributed by atoms with van der Waals surface area (Å²) >= 11 is 5.87. The fraction of sp³-hybridized carbons (Fsp3) is 0.889. The number of aryl methyl sites for hydroxylation is 2. The molecule has 8 heteroatoms. The van der Waals surface area contributed by atoms with Crippen molar-refractivity contribution in [3.8, 4) is 0 Å². The van der Waals surface area contributed by atoms with Gasteiger partial charge in [-0.15, -0.1) is 5.10 Å². The lowest BCUT2D eigenvalue weighted by molar-refractivity contribution is 0.0566. The zero-order valence-corrected chi connectivity index (χ0v) is 16.4.